The molecule has 0 unspecified atom stereocenters. The first-order valence-electron chi connectivity index (χ1n) is 33.3. The van der Waals surface area contributed by atoms with E-state index < -0.39 is 92.4 Å². The minimum absolute atomic E-state index is 0.110. The van der Waals surface area contributed by atoms with Crippen LogP contribution in [0.25, 0.3) is 21.5 Å². The van der Waals surface area contributed by atoms with Gasteiger partial charge in [0.25, 0.3) is 0 Å². The number of alkyl carbamates (subject to hydrolysis) is 1. The average molecular weight is 2120 g/mol. The van der Waals surface area contributed by atoms with E-state index in [9.17, 15) is 4.79 Å². The van der Waals surface area contributed by atoms with Crippen LogP contribution >= 0.6 is 299 Å². The first kappa shape index (κ1) is 100. The molecule has 0 heterocycles. The molecule has 0 saturated carbocycles. The number of halogens is 27. The largest absolute Gasteiger partial charge is 0.445 e. The van der Waals surface area contributed by atoms with Crippen LogP contribution in [0, 0.1) is 0 Å². The van der Waals surface area contributed by atoms with Crippen LogP contribution in [0.1, 0.15) is 89.0 Å². The Morgan fingerprint density at radius 1 is 0.265 bits per heavy atom. The van der Waals surface area contributed by atoms with Crippen molar-refractivity contribution >= 4 is 413 Å². The number of unbranched alkanes of at least 4 members (excludes halogenated alkanes) is 1. The van der Waals surface area contributed by atoms with Crippen molar-refractivity contribution in [1.82, 2.24) is 5.32 Å². The van der Waals surface area contributed by atoms with E-state index in [0.29, 0.717) is 60.9 Å². The average Bonchev–Trinajstić information content (AvgIpc) is 0.783. The van der Waals surface area contributed by atoms with E-state index in [0.717, 1.165) is 207 Å². The predicted molar refractivity (Wildman–Crippen MR) is 493 cm³/mol. The number of ether oxygens (including phenoxy) is 1. The smallest absolute Gasteiger partial charge is 0.407 e. The van der Waals surface area contributed by atoms with Crippen molar-refractivity contribution in [2.75, 3.05) is 6.54 Å². The zero-order valence-corrected chi connectivity index (χ0v) is 87.9. The normalized spacial score (nSPS) is 14.1. The van der Waals surface area contributed by atoms with Crippen LogP contribution < -0.4 is 5.32 Å². The number of carbonyl (C=O) groups is 1. The lowest BCUT2D eigenvalue weighted by atomic mass is 9.97. The fraction of sp³-hybridized carbons (Fsp3) is 0.727. The standard InChI is InChI=1S/C55H90Cl27NO2Si13/c56-90(57,58)37-9-28-86(29-10-38-91(59,60)61,30-11-39-92(62,63)64)24-7-26-88(46-47-89(34-15-43-96(74,75)76,35-16-44-97(77,78)79)36-17-45-98(80,81)82,27-8-25-87(31-12-40-93(65,66)67,32-13-41-94(68,69)70)33-14-42-95(71,72)73)23-6-5-22-83-55(84)85-49-54-52-20-3-1-18-50(52)48-51-19-2-4-21-53(51)54/h1-4,18-21,48H,5-17,22-47,49H2,(H,83,84). The number of rotatable bonds is 54. The van der Waals surface area contributed by atoms with Gasteiger partial charge in [0.15, 0.2) is 0 Å². The molecule has 1 N–H and O–H groups in total. The summed E-state index contributed by atoms with van der Waals surface area (Å²) in [5, 5.41) is 7.36. The Morgan fingerprint density at radius 2 is 0.469 bits per heavy atom. The van der Waals surface area contributed by atoms with Gasteiger partial charge in [0.05, 0.1) is 32.3 Å². The molecule has 0 aromatic heterocycles. The van der Waals surface area contributed by atoms with Gasteiger partial charge < -0.3 is 10.1 Å². The highest BCUT2D eigenvalue weighted by Crippen LogP contribution is 2.48. The van der Waals surface area contributed by atoms with E-state index in [4.69, 9.17) is 304 Å². The molecule has 3 rings (SSSR count). The molecule has 3 aromatic carbocycles. The zero-order chi connectivity index (χ0) is 74.0. The van der Waals surface area contributed by atoms with Crippen molar-refractivity contribution < 1.29 is 9.53 Å². The van der Waals surface area contributed by atoms with Crippen molar-refractivity contribution in [2.24, 2.45) is 0 Å². The summed E-state index contributed by atoms with van der Waals surface area (Å²) >= 11 is 180. The summed E-state index contributed by atoms with van der Waals surface area (Å²) in [5.74, 6) is 0. The maximum absolute atomic E-state index is 13.9. The Morgan fingerprint density at radius 3 is 0.704 bits per heavy atom. The summed E-state index contributed by atoms with van der Waals surface area (Å²) in [4.78, 5) is 13.9. The van der Waals surface area contributed by atoms with Gasteiger partial charge in [-0.05, 0) is 88.4 Å². The van der Waals surface area contributed by atoms with E-state index >= 15 is 0 Å². The van der Waals surface area contributed by atoms with Crippen LogP contribution in [0.5, 0.6) is 0 Å². The Labute approximate surface area is 725 Å². The molecule has 0 saturated heterocycles. The highest BCUT2D eigenvalue weighted by atomic mass is 35.9. The molecule has 0 fully saturated rings. The van der Waals surface area contributed by atoms with E-state index in [1.54, 1.807) is 0 Å². The molecule has 0 radical (unpaired) electrons. The fourth-order valence-electron chi connectivity index (χ4n) is 14.4. The Hall–Kier alpha value is 8.10. The second kappa shape index (κ2) is 47.3. The third-order valence-corrected chi connectivity index (χ3v) is 65.7. The molecule has 43 heteroatoms. The number of carbonyl (C=O) groups excluding carboxylic acids is 1. The number of hydrogen-bond donors (Lipinski definition) is 1. The summed E-state index contributed by atoms with van der Waals surface area (Å²) in [5.41, 5.74) is 0.958. The van der Waals surface area contributed by atoms with Crippen LogP contribution in [0.4, 0.5) is 4.79 Å². The molecule has 0 aliphatic carbocycles. The molecular weight excluding hydrogens is 2030 g/mol. The third kappa shape index (κ3) is 48.5. The highest BCUT2D eigenvalue weighted by Gasteiger charge is 2.44. The van der Waals surface area contributed by atoms with Crippen molar-refractivity contribution in [3.8, 4) is 0 Å². The monoisotopic (exact) mass is 2100 g/mol. The maximum atomic E-state index is 13.9. The molecule has 0 spiro atoms. The molecule has 3 aromatic rings. The summed E-state index contributed by atoms with van der Waals surface area (Å²) in [6, 6.07) is 11.7. The first-order chi connectivity index (χ1) is 44.9. The van der Waals surface area contributed by atoms with Crippen LogP contribution in [0.15, 0.2) is 54.6 Å². The topological polar surface area (TPSA) is 38.3 Å². The van der Waals surface area contributed by atoms with Crippen LogP contribution in [-0.4, -0.2) is 99.0 Å². The quantitative estimate of drug-likeness (QED) is 0.0265. The summed E-state index contributed by atoms with van der Waals surface area (Å²) in [7, 11) is -9.51. The van der Waals surface area contributed by atoms with Crippen LogP contribution in [0.2, 0.25) is 151 Å². The second-order valence-corrected chi connectivity index (χ2v) is 131. The zero-order valence-electron chi connectivity index (χ0n) is 54.5. The molecule has 0 bridgehead atoms. The van der Waals surface area contributed by atoms with Gasteiger partial charge in [-0.1, -0.05) is 222 Å². The molecule has 0 atom stereocenters. The van der Waals surface area contributed by atoms with E-state index in [1.165, 1.54) is 0 Å². The molecule has 568 valence electrons. The van der Waals surface area contributed by atoms with Crippen molar-refractivity contribution in [1.29, 1.82) is 0 Å². The number of amides is 1. The maximum Gasteiger partial charge on any atom is 0.407 e. The van der Waals surface area contributed by atoms with E-state index in [-0.39, 0.29) is 6.61 Å². The lowest BCUT2D eigenvalue weighted by molar-refractivity contribution is 0.140. The van der Waals surface area contributed by atoms with Crippen molar-refractivity contribution in [3.63, 3.8) is 0 Å². The van der Waals surface area contributed by atoms with Gasteiger partial charge in [-0.2, -0.15) is 0 Å². The van der Waals surface area contributed by atoms with Gasteiger partial charge in [0.1, 0.15) is 6.61 Å². The molecule has 98 heavy (non-hydrogen) atoms. The number of fused-ring (bicyclic) bond motifs is 2. The highest BCUT2D eigenvalue weighted by molar-refractivity contribution is 7.68. The summed E-state index contributed by atoms with van der Waals surface area (Å²) in [6.45, 7) is 0.531. The van der Waals surface area contributed by atoms with Gasteiger partial charge in [0.2, 0.25) is 0 Å². The molecule has 1 amide bonds. The minimum atomic E-state index is -3.03. The van der Waals surface area contributed by atoms with Crippen molar-refractivity contribution in [2.45, 2.75) is 241 Å². The number of hydrogen-bond acceptors (Lipinski definition) is 2. The fourth-order valence-corrected chi connectivity index (χ4v) is 57.7. The molecular formula is C55H90Cl27NO2Si13. The minimum Gasteiger partial charge on any atom is -0.445 e. The van der Waals surface area contributed by atoms with Crippen LogP contribution in [0.3, 0.4) is 0 Å². The Balaban J connectivity index is 2.35. The number of benzene rings is 3. The van der Waals surface area contributed by atoms with Crippen molar-refractivity contribution in [3.05, 3.63) is 60.2 Å². The molecule has 0 aliphatic rings. The predicted octanol–water partition coefficient (Wildman–Crippen LogP) is 34.0. The summed E-state index contributed by atoms with van der Waals surface area (Å²) in [6.07, 6.45) is 9.98. The first-order valence-corrected chi connectivity index (χ1v) is 91.8. The van der Waals surface area contributed by atoms with E-state index in [1.807, 2.05) is 24.3 Å². The molecule has 0 aliphatic heterocycles. The van der Waals surface area contributed by atoms with E-state index in [2.05, 4.69) is 35.6 Å². The van der Waals surface area contributed by atoms with Gasteiger partial charge >= 0.3 is 60.1 Å². The SMILES string of the molecule is O=C(NCCCC[Si](CCC[Si](CCC[Si](Cl)(Cl)Cl)(CCC[Si](Cl)(Cl)Cl)CCC[Si](Cl)(Cl)Cl)(CCC[Si](CCC[Si](Cl)(Cl)Cl)(CCC[Si](Cl)(Cl)Cl)CCC[Si](Cl)(Cl)Cl)CC[Si](CCC[Si](Cl)(Cl)Cl)(CCC[Si](Cl)(Cl)Cl)CCC[Si](Cl)(Cl)Cl)OCc1c2ccccc2cc2ccccc12. The lowest BCUT2D eigenvalue weighted by Crippen LogP contribution is -2.42. The van der Waals surface area contributed by atoms with Gasteiger partial charge in [-0.25, -0.2) is 4.79 Å². The van der Waals surface area contributed by atoms with Gasteiger partial charge in [-0.3, -0.25) is 0 Å². The number of nitrogens with one attached hydrogen (secondary N) is 1. The van der Waals surface area contributed by atoms with Gasteiger partial charge in [0, 0.05) is 12.1 Å². The molecule has 3 nitrogen and oxygen atoms in total. The second-order valence-electron chi connectivity index (χ2n) is 27.2. The lowest BCUT2D eigenvalue weighted by Gasteiger charge is -2.41. The van der Waals surface area contributed by atoms with Gasteiger partial charge in [-0.15, -0.1) is 299 Å². The third-order valence-electron chi connectivity index (χ3n) is 19.2. The Bertz CT molecular complexity index is 2500. The van der Waals surface area contributed by atoms with Crippen LogP contribution in [-0.2, 0) is 11.3 Å². The summed E-state index contributed by atoms with van der Waals surface area (Å²) < 4.78 is 6.06. The Kier molecular flexibility index (Phi) is 48.5.